The minimum atomic E-state index is 0.227. The maximum atomic E-state index is 8.88. The summed E-state index contributed by atoms with van der Waals surface area (Å²) in [6, 6.07) is 8.82. The highest BCUT2D eigenvalue weighted by Crippen LogP contribution is 2.18. The topological polar surface area (TPSA) is 41.5 Å². The Bertz CT molecular complexity index is 324. The lowest BCUT2D eigenvalue weighted by Gasteiger charge is -2.20. The van der Waals surface area contributed by atoms with E-state index in [-0.39, 0.29) is 12.6 Å². The standard InChI is InChI=1S/C15H25NO2/c1-4-11-18-15-7-5-14(6-8-15)13(3)16-12(2)9-10-17/h5-8,12-13,16-17H,4,9-11H2,1-3H3. The average molecular weight is 251 g/mol. The second-order valence-electron chi connectivity index (χ2n) is 4.72. The fraction of sp³-hybridized carbons (Fsp3) is 0.600. The van der Waals surface area contributed by atoms with E-state index in [9.17, 15) is 0 Å². The molecule has 18 heavy (non-hydrogen) atoms. The third-order valence-electron chi connectivity index (χ3n) is 2.95. The first kappa shape index (κ1) is 15.0. The quantitative estimate of drug-likeness (QED) is 0.746. The van der Waals surface area contributed by atoms with Gasteiger partial charge in [-0.2, -0.15) is 0 Å². The van der Waals surface area contributed by atoms with Crippen LogP contribution in [0.3, 0.4) is 0 Å². The Morgan fingerprint density at radius 1 is 1.22 bits per heavy atom. The summed E-state index contributed by atoms with van der Waals surface area (Å²) in [7, 11) is 0. The van der Waals surface area contributed by atoms with Crippen molar-refractivity contribution in [3.63, 3.8) is 0 Å². The summed E-state index contributed by atoms with van der Waals surface area (Å²) in [5, 5.41) is 12.3. The Hall–Kier alpha value is -1.06. The highest BCUT2D eigenvalue weighted by atomic mass is 16.5. The van der Waals surface area contributed by atoms with Crippen LogP contribution >= 0.6 is 0 Å². The molecule has 2 unspecified atom stereocenters. The molecule has 0 aliphatic carbocycles. The van der Waals surface area contributed by atoms with E-state index in [1.165, 1.54) is 5.56 Å². The molecule has 2 atom stereocenters. The summed E-state index contributed by atoms with van der Waals surface area (Å²) in [4.78, 5) is 0. The molecule has 0 heterocycles. The number of hydrogen-bond acceptors (Lipinski definition) is 3. The molecule has 0 amide bonds. The van der Waals surface area contributed by atoms with Crippen LogP contribution in [0, 0.1) is 0 Å². The zero-order valence-corrected chi connectivity index (χ0v) is 11.6. The highest BCUT2D eigenvalue weighted by Gasteiger charge is 2.08. The van der Waals surface area contributed by atoms with Crippen molar-refractivity contribution >= 4 is 0 Å². The van der Waals surface area contributed by atoms with Gasteiger partial charge in [0, 0.05) is 18.7 Å². The summed E-state index contributed by atoms with van der Waals surface area (Å²) in [6.45, 7) is 7.31. The van der Waals surface area contributed by atoms with Crippen LogP contribution in [0.5, 0.6) is 5.75 Å². The van der Waals surface area contributed by atoms with Crippen molar-refractivity contribution in [1.82, 2.24) is 5.32 Å². The summed E-state index contributed by atoms with van der Waals surface area (Å²) >= 11 is 0. The van der Waals surface area contributed by atoms with Gasteiger partial charge in [-0.05, 0) is 44.4 Å². The van der Waals surface area contributed by atoms with Gasteiger partial charge < -0.3 is 15.2 Å². The van der Waals surface area contributed by atoms with Gasteiger partial charge in [0.05, 0.1) is 6.61 Å². The molecule has 3 heteroatoms. The summed E-state index contributed by atoms with van der Waals surface area (Å²) in [5.74, 6) is 0.927. The molecule has 0 aliphatic heterocycles. The lowest BCUT2D eigenvalue weighted by atomic mass is 10.1. The summed E-state index contributed by atoms with van der Waals surface area (Å²) in [5.41, 5.74) is 1.24. The van der Waals surface area contributed by atoms with Gasteiger partial charge in [-0.25, -0.2) is 0 Å². The highest BCUT2D eigenvalue weighted by molar-refractivity contribution is 5.28. The Kier molecular flexibility index (Phi) is 6.76. The van der Waals surface area contributed by atoms with Crippen LogP contribution in [0.15, 0.2) is 24.3 Å². The first-order chi connectivity index (χ1) is 8.67. The minimum absolute atomic E-state index is 0.227. The zero-order chi connectivity index (χ0) is 13.4. The first-order valence-electron chi connectivity index (χ1n) is 6.77. The summed E-state index contributed by atoms with van der Waals surface area (Å²) < 4.78 is 5.56. The van der Waals surface area contributed by atoms with Crippen LogP contribution in [-0.4, -0.2) is 24.4 Å². The van der Waals surface area contributed by atoms with Gasteiger partial charge in [0.1, 0.15) is 5.75 Å². The monoisotopic (exact) mass is 251 g/mol. The second kappa shape index (κ2) is 8.11. The molecule has 0 aromatic heterocycles. The molecule has 0 bridgehead atoms. The smallest absolute Gasteiger partial charge is 0.119 e. The number of ether oxygens (including phenoxy) is 1. The van der Waals surface area contributed by atoms with Gasteiger partial charge in [0.15, 0.2) is 0 Å². The van der Waals surface area contributed by atoms with Crippen LogP contribution in [0.1, 0.15) is 45.2 Å². The summed E-state index contributed by atoms with van der Waals surface area (Å²) in [6.07, 6.45) is 1.81. The number of hydrogen-bond donors (Lipinski definition) is 2. The minimum Gasteiger partial charge on any atom is -0.494 e. The third kappa shape index (κ3) is 5.07. The van der Waals surface area contributed by atoms with Gasteiger partial charge in [0.2, 0.25) is 0 Å². The molecule has 0 radical (unpaired) electrons. The van der Waals surface area contributed by atoms with Crippen molar-refractivity contribution in [3.05, 3.63) is 29.8 Å². The Labute approximate surface area is 110 Å². The van der Waals surface area contributed by atoms with Crippen LogP contribution in [-0.2, 0) is 0 Å². The van der Waals surface area contributed by atoms with Crippen molar-refractivity contribution in [1.29, 1.82) is 0 Å². The molecule has 1 aromatic rings. The van der Waals surface area contributed by atoms with E-state index in [2.05, 4.69) is 38.2 Å². The molecule has 0 fully saturated rings. The lowest BCUT2D eigenvalue weighted by Crippen LogP contribution is -2.29. The number of aliphatic hydroxyl groups excluding tert-OH is 1. The molecule has 1 aromatic carbocycles. The van der Waals surface area contributed by atoms with E-state index in [1.54, 1.807) is 0 Å². The van der Waals surface area contributed by atoms with E-state index >= 15 is 0 Å². The van der Waals surface area contributed by atoms with Crippen molar-refractivity contribution in [2.75, 3.05) is 13.2 Å². The molecular formula is C15H25NO2. The van der Waals surface area contributed by atoms with Crippen molar-refractivity contribution in [2.24, 2.45) is 0 Å². The molecule has 102 valence electrons. The van der Waals surface area contributed by atoms with Crippen LogP contribution in [0.2, 0.25) is 0 Å². The third-order valence-corrected chi connectivity index (χ3v) is 2.95. The van der Waals surface area contributed by atoms with E-state index < -0.39 is 0 Å². The maximum Gasteiger partial charge on any atom is 0.119 e. The fourth-order valence-corrected chi connectivity index (χ4v) is 1.87. The Morgan fingerprint density at radius 3 is 2.44 bits per heavy atom. The Balaban J connectivity index is 2.50. The van der Waals surface area contributed by atoms with Gasteiger partial charge in [-0.3, -0.25) is 0 Å². The predicted molar refractivity (Wildman–Crippen MR) is 74.9 cm³/mol. The number of nitrogens with one attached hydrogen (secondary N) is 1. The van der Waals surface area contributed by atoms with Crippen LogP contribution in [0.4, 0.5) is 0 Å². The number of benzene rings is 1. The first-order valence-corrected chi connectivity index (χ1v) is 6.77. The normalized spacial score (nSPS) is 14.2. The van der Waals surface area contributed by atoms with E-state index in [1.807, 2.05) is 12.1 Å². The van der Waals surface area contributed by atoms with Gasteiger partial charge >= 0.3 is 0 Å². The fourth-order valence-electron chi connectivity index (χ4n) is 1.87. The van der Waals surface area contributed by atoms with Gasteiger partial charge in [0.25, 0.3) is 0 Å². The molecule has 1 rings (SSSR count). The van der Waals surface area contributed by atoms with E-state index in [0.717, 1.165) is 25.2 Å². The zero-order valence-electron chi connectivity index (χ0n) is 11.6. The van der Waals surface area contributed by atoms with Gasteiger partial charge in [-0.1, -0.05) is 19.1 Å². The van der Waals surface area contributed by atoms with Crippen molar-refractivity contribution < 1.29 is 9.84 Å². The predicted octanol–water partition coefficient (Wildman–Crippen LogP) is 2.90. The molecule has 2 N–H and O–H groups in total. The molecular weight excluding hydrogens is 226 g/mol. The van der Waals surface area contributed by atoms with E-state index in [4.69, 9.17) is 9.84 Å². The maximum absolute atomic E-state index is 8.88. The van der Waals surface area contributed by atoms with E-state index in [0.29, 0.717) is 6.04 Å². The lowest BCUT2D eigenvalue weighted by molar-refractivity contribution is 0.264. The molecule has 0 saturated heterocycles. The van der Waals surface area contributed by atoms with Crippen molar-refractivity contribution in [2.45, 2.75) is 45.7 Å². The van der Waals surface area contributed by atoms with Crippen molar-refractivity contribution in [3.8, 4) is 5.75 Å². The molecule has 0 saturated carbocycles. The second-order valence-corrected chi connectivity index (χ2v) is 4.72. The number of aliphatic hydroxyl groups is 1. The Morgan fingerprint density at radius 2 is 1.89 bits per heavy atom. The van der Waals surface area contributed by atoms with Crippen LogP contribution < -0.4 is 10.1 Å². The largest absolute Gasteiger partial charge is 0.494 e. The molecule has 3 nitrogen and oxygen atoms in total. The number of rotatable bonds is 8. The molecule has 0 spiro atoms. The average Bonchev–Trinajstić information content (AvgIpc) is 2.37. The van der Waals surface area contributed by atoms with Crippen LogP contribution in [0.25, 0.3) is 0 Å². The SMILES string of the molecule is CCCOc1ccc(C(C)NC(C)CCO)cc1. The van der Waals surface area contributed by atoms with Gasteiger partial charge in [-0.15, -0.1) is 0 Å². The molecule has 0 aliphatic rings.